The summed E-state index contributed by atoms with van der Waals surface area (Å²) in [5.41, 5.74) is 5.45. The maximum Gasteiger partial charge on any atom is 0.228 e. The Morgan fingerprint density at radius 3 is 2.43 bits per heavy atom. The SMILES string of the molecule is Cc1ccccc1C1CC(=O)N(Cc2ccc(F)cc2)c2ccc3ccccc3c21. The van der Waals surface area contributed by atoms with Crippen molar-refractivity contribution in [2.75, 3.05) is 4.90 Å². The lowest BCUT2D eigenvalue weighted by atomic mass is 9.79. The number of amides is 1. The molecule has 0 saturated carbocycles. The van der Waals surface area contributed by atoms with Gasteiger partial charge in [0.25, 0.3) is 0 Å². The number of hydrogen-bond acceptors (Lipinski definition) is 1. The predicted molar refractivity (Wildman–Crippen MR) is 119 cm³/mol. The molecular formula is C27H22FNO. The summed E-state index contributed by atoms with van der Waals surface area (Å²) in [6, 6.07) is 27.2. The van der Waals surface area contributed by atoms with Gasteiger partial charge in [0.2, 0.25) is 5.91 Å². The molecule has 4 aromatic rings. The van der Waals surface area contributed by atoms with Crippen LogP contribution in [0.4, 0.5) is 10.1 Å². The Hall–Kier alpha value is -3.46. The van der Waals surface area contributed by atoms with Crippen LogP contribution in [0.3, 0.4) is 0 Å². The molecule has 0 spiro atoms. The van der Waals surface area contributed by atoms with Gasteiger partial charge in [0.15, 0.2) is 0 Å². The number of aryl methyl sites for hydroxylation is 1. The molecule has 5 rings (SSSR count). The fourth-order valence-corrected chi connectivity index (χ4v) is 4.60. The highest BCUT2D eigenvalue weighted by Crippen LogP contribution is 2.45. The van der Waals surface area contributed by atoms with Crippen LogP contribution < -0.4 is 4.90 Å². The molecule has 0 N–H and O–H groups in total. The molecule has 0 saturated heterocycles. The third-order valence-electron chi connectivity index (χ3n) is 6.08. The van der Waals surface area contributed by atoms with Crippen LogP contribution in [0.2, 0.25) is 0 Å². The molecule has 2 nitrogen and oxygen atoms in total. The minimum atomic E-state index is -0.269. The molecular weight excluding hydrogens is 373 g/mol. The standard InChI is InChI=1S/C27H22FNO/c1-18-6-2-4-8-22(18)24-16-26(30)29(17-19-10-13-21(28)14-11-19)25-15-12-20-7-3-5-9-23(20)27(24)25/h2-15,24H,16-17H2,1H3. The summed E-state index contributed by atoms with van der Waals surface area (Å²) < 4.78 is 13.4. The number of carbonyl (C=O) groups excluding carboxylic acids is 1. The third kappa shape index (κ3) is 3.17. The highest BCUT2D eigenvalue weighted by atomic mass is 19.1. The molecule has 0 radical (unpaired) electrons. The van der Waals surface area contributed by atoms with E-state index in [0.29, 0.717) is 13.0 Å². The van der Waals surface area contributed by atoms with Crippen LogP contribution in [0.25, 0.3) is 10.8 Å². The summed E-state index contributed by atoms with van der Waals surface area (Å²) in [7, 11) is 0. The molecule has 0 aliphatic carbocycles. The van der Waals surface area contributed by atoms with Crippen LogP contribution in [0.15, 0.2) is 84.9 Å². The van der Waals surface area contributed by atoms with Crippen LogP contribution in [-0.4, -0.2) is 5.91 Å². The number of nitrogens with zero attached hydrogens (tertiary/aromatic N) is 1. The van der Waals surface area contributed by atoms with E-state index in [0.717, 1.165) is 11.3 Å². The number of carbonyl (C=O) groups is 1. The summed E-state index contributed by atoms with van der Waals surface area (Å²) in [5, 5.41) is 2.35. The first kappa shape index (κ1) is 18.6. The van der Waals surface area contributed by atoms with Crippen molar-refractivity contribution in [3.63, 3.8) is 0 Å². The van der Waals surface area contributed by atoms with Crippen molar-refractivity contribution < 1.29 is 9.18 Å². The second kappa shape index (κ2) is 7.42. The molecule has 30 heavy (non-hydrogen) atoms. The van der Waals surface area contributed by atoms with Crippen molar-refractivity contribution in [1.82, 2.24) is 0 Å². The molecule has 4 aromatic carbocycles. The maximum absolute atomic E-state index is 13.4. The molecule has 148 valence electrons. The highest BCUT2D eigenvalue weighted by molar-refractivity contribution is 6.03. The van der Waals surface area contributed by atoms with Crippen LogP contribution in [0, 0.1) is 12.7 Å². The van der Waals surface area contributed by atoms with E-state index in [-0.39, 0.29) is 17.6 Å². The van der Waals surface area contributed by atoms with Crippen LogP contribution >= 0.6 is 0 Å². The fourth-order valence-electron chi connectivity index (χ4n) is 4.60. The Kier molecular flexibility index (Phi) is 4.59. The second-order valence-electron chi connectivity index (χ2n) is 7.94. The van der Waals surface area contributed by atoms with Crippen molar-refractivity contribution in [2.45, 2.75) is 25.8 Å². The molecule has 1 aliphatic heterocycles. The minimum Gasteiger partial charge on any atom is -0.308 e. The van der Waals surface area contributed by atoms with Gasteiger partial charge in [-0.05, 0) is 58.1 Å². The lowest BCUT2D eigenvalue weighted by Gasteiger charge is -2.36. The Balaban J connectivity index is 1.69. The number of fused-ring (bicyclic) bond motifs is 3. The average molecular weight is 395 g/mol. The van der Waals surface area contributed by atoms with Crippen molar-refractivity contribution >= 4 is 22.4 Å². The molecule has 0 fully saturated rings. The monoisotopic (exact) mass is 395 g/mol. The molecule has 0 aromatic heterocycles. The van der Waals surface area contributed by atoms with Gasteiger partial charge in [-0.25, -0.2) is 4.39 Å². The largest absolute Gasteiger partial charge is 0.308 e. The first-order valence-electron chi connectivity index (χ1n) is 10.2. The number of halogens is 1. The molecule has 1 atom stereocenters. The van der Waals surface area contributed by atoms with E-state index in [9.17, 15) is 9.18 Å². The van der Waals surface area contributed by atoms with E-state index < -0.39 is 0 Å². The number of hydrogen-bond donors (Lipinski definition) is 0. The third-order valence-corrected chi connectivity index (χ3v) is 6.08. The number of benzene rings is 4. The predicted octanol–water partition coefficient (Wildman–Crippen LogP) is 6.36. The van der Waals surface area contributed by atoms with E-state index in [1.807, 2.05) is 23.1 Å². The molecule has 1 heterocycles. The summed E-state index contributed by atoms with van der Waals surface area (Å²) in [6.07, 6.45) is 0.424. The van der Waals surface area contributed by atoms with Crippen LogP contribution in [-0.2, 0) is 11.3 Å². The second-order valence-corrected chi connectivity index (χ2v) is 7.94. The maximum atomic E-state index is 13.4. The van der Waals surface area contributed by atoms with Crippen molar-refractivity contribution in [1.29, 1.82) is 0 Å². The molecule has 1 aliphatic rings. The van der Waals surface area contributed by atoms with Crippen LogP contribution in [0.1, 0.15) is 34.6 Å². The molecule has 0 bridgehead atoms. The topological polar surface area (TPSA) is 20.3 Å². The zero-order valence-electron chi connectivity index (χ0n) is 16.8. The van der Waals surface area contributed by atoms with Gasteiger partial charge in [-0.15, -0.1) is 0 Å². The lowest BCUT2D eigenvalue weighted by molar-refractivity contribution is -0.119. The van der Waals surface area contributed by atoms with Gasteiger partial charge in [0, 0.05) is 18.0 Å². The highest BCUT2D eigenvalue weighted by Gasteiger charge is 2.34. The molecule has 1 unspecified atom stereocenters. The Morgan fingerprint density at radius 2 is 1.63 bits per heavy atom. The van der Waals surface area contributed by atoms with E-state index in [4.69, 9.17) is 0 Å². The minimum absolute atomic E-state index is 0.0178. The van der Waals surface area contributed by atoms with Gasteiger partial charge >= 0.3 is 0 Å². The van der Waals surface area contributed by atoms with Crippen molar-refractivity contribution in [3.8, 4) is 0 Å². The summed E-state index contributed by atoms with van der Waals surface area (Å²) in [6.45, 7) is 2.54. The first-order valence-corrected chi connectivity index (χ1v) is 10.2. The smallest absolute Gasteiger partial charge is 0.228 e. The van der Waals surface area contributed by atoms with Crippen molar-refractivity contribution in [2.24, 2.45) is 0 Å². The quantitative estimate of drug-likeness (QED) is 0.395. The number of anilines is 1. The molecule has 1 amide bonds. The zero-order valence-corrected chi connectivity index (χ0v) is 16.8. The Labute approximate surface area is 175 Å². The van der Waals surface area contributed by atoms with E-state index in [1.54, 1.807) is 12.1 Å². The zero-order chi connectivity index (χ0) is 20.7. The summed E-state index contributed by atoms with van der Waals surface area (Å²) >= 11 is 0. The fraction of sp³-hybridized carbons (Fsp3) is 0.148. The normalized spacial score (nSPS) is 16.0. The Morgan fingerprint density at radius 1 is 0.900 bits per heavy atom. The van der Waals surface area contributed by atoms with E-state index in [1.165, 1.54) is 39.6 Å². The van der Waals surface area contributed by atoms with Gasteiger partial charge < -0.3 is 4.90 Å². The van der Waals surface area contributed by atoms with Gasteiger partial charge in [-0.3, -0.25) is 4.79 Å². The van der Waals surface area contributed by atoms with Gasteiger partial charge in [-0.1, -0.05) is 66.7 Å². The van der Waals surface area contributed by atoms with E-state index in [2.05, 4.69) is 49.4 Å². The van der Waals surface area contributed by atoms with E-state index >= 15 is 0 Å². The average Bonchev–Trinajstić information content (AvgIpc) is 2.77. The van der Waals surface area contributed by atoms with Gasteiger partial charge in [-0.2, -0.15) is 0 Å². The Bertz CT molecular complexity index is 1250. The lowest BCUT2D eigenvalue weighted by Crippen LogP contribution is -2.36. The number of rotatable bonds is 3. The summed E-state index contributed by atoms with van der Waals surface area (Å²) in [4.78, 5) is 15.2. The van der Waals surface area contributed by atoms with Gasteiger partial charge in [0.1, 0.15) is 5.82 Å². The van der Waals surface area contributed by atoms with Gasteiger partial charge in [0.05, 0.1) is 6.54 Å². The first-order chi connectivity index (χ1) is 14.6. The van der Waals surface area contributed by atoms with Crippen molar-refractivity contribution in [3.05, 3.63) is 113 Å². The summed E-state index contributed by atoms with van der Waals surface area (Å²) in [5.74, 6) is -0.158. The molecule has 3 heteroatoms. The van der Waals surface area contributed by atoms with Crippen LogP contribution in [0.5, 0.6) is 0 Å².